The highest BCUT2D eigenvalue weighted by molar-refractivity contribution is 5.77. The summed E-state index contributed by atoms with van der Waals surface area (Å²) in [7, 11) is 1.64. The van der Waals surface area contributed by atoms with E-state index in [1.807, 2.05) is 18.2 Å². The fourth-order valence-electron chi connectivity index (χ4n) is 2.57. The van der Waals surface area contributed by atoms with E-state index in [2.05, 4.69) is 4.90 Å². The number of rotatable bonds is 4. The molecule has 1 aliphatic rings. The molecule has 0 aromatic heterocycles. The molecule has 1 amide bonds. The van der Waals surface area contributed by atoms with Gasteiger partial charge in [-0.3, -0.25) is 4.79 Å². The first-order valence-corrected chi connectivity index (χ1v) is 6.57. The number of nitrogens with zero attached hydrogens (tertiary/aromatic N) is 1. The molecule has 1 saturated heterocycles. The van der Waals surface area contributed by atoms with Crippen molar-refractivity contribution >= 4 is 11.6 Å². The van der Waals surface area contributed by atoms with Crippen LogP contribution in [0.5, 0.6) is 5.75 Å². The van der Waals surface area contributed by atoms with Crippen LogP contribution < -0.4 is 21.1 Å². The Labute approximate surface area is 113 Å². The SMILES string of the molecule is COc1ccc(CN)c(N2CCCC(C(N)=O)C2)c1. The van der Waals surface area contributed by atoms with Crippen LogP contribution in [0.15, 0.2) is 18.2 Å². The van der Waals surface area contributed by atoms with Gasteiger partial charge in [-0.2, -0.15) is 0 Å². The molecule has 1 fully saturated rings. The quantitative estimate of drug-likeness (QED) is 0.844. The number of amides is 1. The zero-order valence-corrected chi connectivity index (χ0v) is 11.3. The van der Waals surface area contributed by atoms with Gasteiger partial charge in [0.25, 0.3) is 0 Å². The van der Waals surface area contributed by atoms with E-state index in [0.29, 0.717) is 13.1 Å². The number of carbonyl (C=O) groups is 1. The van der Waals surface area contributed by atoms with Gasteiger partial charge in [0, 0.05) is 31.4 Å². The Morgan fingerprint density at radius 2 is 2.32 bits per heavy atom. The molecule has 1 aliphatic heterocycles. The van der Waals surface area contributed by atoms with E-state index >= 15 is 0 Å². The van der Waals surface area contributed by atoms with E-state index in [1.165, 1.54) is 0 Å². The van der Waals surface area contributed by atoms with Gasteiger partial charge in [-0.25, -0.2) is 0 Å². The van der Waals surface area contributed by atoms with Crippen molar-refractivity contribution < 1.29 is 9.53 Å². The number of primary amides is 1. The number of ether oxygens (including phenoxy) is 1. The minimum absolute atomic E-state index is 0.0782. The van der Waals surface area contributed by atoms with Crippen molar-refractivity contribution in [2.75, 3.05) is 25.1 Å². The fourth-order valence-corrected chi connectivity index (χ4v) is 2.57. The van der Waals surface area contributed by atoms with Crippen molar-refractivity contribution in [2.45, 2.75) is 19.4 Å². The first-order valence-electron chi connectivity index (χ1n) is 6.57. The normalized spacial score (nSPS) is 19.3. The molecule has 5 nitrogen and oxygen atoms in total. The molecule has 2 rings (SSSR count). The Balaban J connectivity index is 2.26. The second kappa shape index (κ2) is 5.93. The van der Waals surface area contributed by atoms with Gasteiger partial charge in [0.2, 0.25) is 5.91 Å². The number of methoxy groups -OCH3 is 1. The lowest BCUT2D eigenvalue weighted by Gasteiger charge is -2.34. The molecule has 0 aliphatic carbocycles. The van der Waals surface area contributed by atoms with E-state index in [9.17, 15) is 4.79 Å². The zero-order valence-electron chi connectivity index (χ0n) is 11.3. The summed E-state index contributed by atoms with van der Waals surface area (Å²) >= 11 is 0. The molecule has 1 unspecified atom stereocenters. The third-order valence-electron chi connectivity index (χ3n) is 3.68. The molecule has 4 N–H and O–H groups in total. The number of anilines is 1. The predicted octanol–water partition coefficient (Wildman–Crippen LogP) is 0.856. The lowest BCUT2D eigenvalue weighted by molar-refractivity contribution is -0.122. The number of hydrogen-bond donors (Lipinski definition) is 2. The van der Waals surface area contributed by atoms with E-state index in [1.54, 1.807) is 7.11 Å². The molecule has 104 valence electrons. The van der Waals surface area contributed by atoms with E-state index in [0.717, 1.165) is 36.4 Å². The molecule has 0 radical (unpaired) electrons. The van der Waals surface area contributed by atoms with Gasteiger partial charge in [0.1, 0.15) is 5.75 Å². The molecule has 0 spiro atoms. The summed E-state index contributed by atoms with van der Waals surface area (Å²) in [6.07, 6.45) is 1.84. The second-order valence-electron chi connectivity index (χ2n) is 4.89. The summed E-state index contributed by atoms with van der Waals surface area (Å²) in [6, 6.07) is 5.86. The van der Waals surface area contributed by atoms with Crippen LogP contribution in [0.3, 0.4) is 0 Å². The fraction of sp³-hybridized carbons (Fsp3) is 0.500. The summed E-state index contributed by atoms with van der Waals surface area (Å²) in [5, 5.41) is 0. The maximum atomic E-state index is 11.4. The lowest BCUT2D eigenvalue weighted by atomic mass is 9.96. The first-order chi connectivity index (χ1) is 9.15. The average molecular weight is 263 g/mol. The van der Waals surface area contributed by atoms with Crippen molar-refractivity contribution in [1.29, 1.82) is 0 Å². The zero-order chi connectivity index (χ0) is 13.8. The Morgan fingerprint density at radius 1 is 1.53 bits per heavy atom. The van der Waals surface area contributed by atoms with Crippen LogP contribution in [-0.2, 0) is 11.3 Å². The average Bonchev–Trinajstić information content (AvgIpc) is 2.46. The molecule has 1 atom stereocenters. The maximum Gasteiger partial charge on any atom is 0.222 e. The highest BCUT2D eigenvalue weighted by Crippen LogP contribution is 2.29. The van der Waals surface area contributed by atoms with E-state index in [-0.39, 0.29) is 11.8 Å². The number of carbonyl (C=O) groups excluding carboxylic acids is 1. The smallest absolute Gasteiger partial charge is 0.222 e. The summed E-state index contributed by atoms with van der Waals surface area (Å²) in [6.45, 7) is 2.05. The van der Waals surface area contributed by atoms with Crippen molar-refractivity contribution in [3.8, 4) is 5.75 Å². The van der Waals surface area contributed by atoms with Crippen molar-refractivity contribution in [1.82, 2.24) is 0 Å². The molecule has 1 aromatic carbocycles. The van der Waals surface area contributed by atoms with Crippen LogP contribution >= 0.6 is 0 Å². The topological polar surface area (TPSA) is 81.6 Å². The molecule has 1 heterocycles. The van der Waals surface area contributed by atoms with Gasteiger partial charge in [-0.1, -0.05) is 6.07 Å². The molecule has 5 heteroatoms. The predicted molar refractivity (Wildman–Crippen MR) is 75.0 cm³/mol. The monoisotopic (exact) mass is 263 g/mol. The summed E-state index contributed by atoms with van der Waals surface area (Å²) in [4.78, 5) is 13.5. The van der Waals surface area contributed by atoms with Crippen LogP contribution in [0.25, 0.3) is 0 Å². The Bertz CT molecular complexity index is 462. The van der Waals surface area contributed by atoms with Crippen molar-refractivity contribution in [3.63, 3.8) is 0 Å². The minimum atomic E-state index is -0.220. The van der Waals surface area contributed by atoms with Crippen LogP contribution in [0.2, 0.25) is 0 Å². The standard InChI is InChI=1S/C14H21N3O2/c1-19-12-5-4-10(8-15)13(7-12)17-6-2-3-11(9-17)14(16)18/h4-5,7,11H,2-3,6,8-9,15H2,1H3,(H2,16,18). The van der Waals surface area contributed by atoms with Gasteiger partial charge in [-0.05, 0) is 24.5 Å². The third kappa shape index (κ3) is 2.98. The molecule has 0 bridgehead atoms. The molecular weight excluding hydrogens is 242 g/mol. The van der Waals surface area contributed by atoms with E-state index < -0.39 is 0 Å². The van der Waals surface area contributed by atoms with E-state index in [4.69, 9.17) is 16.2 Å². The number of hydrogen-bond acceptors (Lipinski definition) is 4. The van der Waals surface area contributed by atoms with Crippen LogP contribution in [-0.4, -0.2) is 26.1 Å². The van der Waals surface area contributed by atoms with Crippen LogP contribution in [0.1, 0.15) is 18.4 Å². The van der Waals surface area contributed by atoms with Gasteiger partial charge >= 0.3 is 0 Å². The Hall–Kier alpha value is -1.75. The van der Waals surface area contributed by atoms with Gasteiger partial charge in [0.05, 0.1) is 13.0 Å². The summed E-state index contributed by atoms with van der Waals surface area (Å²) < 4.78 is 5.26. The Morgan fingerprint density at radius 3 is 2.95 bits per heavy atom. The summed E-state index contributed by atoms with van der Waals surface area (Å²) in [5.41, 5.74) is 13.3. The molecule has 19 heavy (non-hydrogen) atoms. The second-order valence-corrected chi connectivity index (χ2v) is 4.89. The van der Waals surface area contributed by atoms with Gasteiger partial charge in [-0.15, -0.1) is 0 Å². The molecule has 1 aromatic rings. The number of piperidine rings is 1. The molecule has 0 saturated carbocycles. The third-order valence-corrected chi connectivity index (χ3v) is 3.68. The maximum absolute atomic E-state index is 11.4. The van der Waals surface area contributed by atoms with Crippen LogP contribution in [0, 0.1) is 5.92 Å². The molecular formula is C14H21N3O2. The minimum Gasteiger partial charge on any atom is -0.497 e. The van der Waals surface area contributed by atoms with Crippen molar-refractivity contribution in [3.05, 3.63) is 23.8 Å². The van der Waals surface area contributed by atoms with Gasteiger partial charge in [0.15, 0.2) is 0 Å². The number of nitrogens with two attached hydrogens (primary N) is 2. The number of benzene rings is 1. The first kappa shape index (κ1) is 13.7. The lowest BCUT2D eigenvalue weighted by Crippen LogP contribution is -2.41. The highest BCUT2D eigenvalue weighted by atomic mass is 16.5. The highest BCUT2D eigenvalue weighted by Gasteiger charge is 2.25. The largest absolute Gasteiger partial charge is 0.497 e. The van der Waals surface area contributed by atoms with Crippen molar-refractivity contribution in [2.24, 2.45) is 17.4 Å². The summed E-state index contributed by atoms with van der Waals surface area (Å²) in [5.74, 6) is 0.501. The van der Waals surface area contributed by atoms with Crippen LogP contribution in [0.4, 0.5) is 5.69 Å². The Kier molecular flexibility index (Phi) is 4.27. The van der Waals surface area contributed by atoms with Gasteiger partial charge < -0.3 is 21.1 Å².